The van der Waals surface area contributed by atoms with Crippen LogP contribution in [0.2, 0.25) is 0 Å². The van der Waals surface area contributed by atoms with Crippen molar-refractivity contribution in [3.63, 3.8) is 0 Å². The Kier molecular flexibility index (Phi) is 4.97. The Bertz CT molecular complexity index is 406. The number of ether oxygens (including phenoxy) is 3. The van der Waals surface area contributed by atoms with Gasteiger partial charge in [-0.1, -0.05) is 0 Å². The molecule has 1 aromatic carbocycles. The molecule has 0 aromatic heterocycles. The number of carbonyl (C=O) groups excluding carboxylic acids is 1. The fraction of sp³-hybridized carbons (Fsp3) is 0.462. The van der Waals surface area contributed by atoms with Crippen LogP contribution in [0.1, 0.15) is 23.6 Å². The maximum atomic E-state index is 11.3. The minimum absolute atomic E-state index is 0.0757. The first-order chi connectivity index (χ1) is 8.53. The predicted octanol–water partition coefficient (Wildman–Crippen LogP) is 1.58. The zero-order valence-corrected chi connectivity index (χ0v) is 11.1. The molecule has 0 saturated carbocycles. The predicted molar refractivity (Wildman–Crippen MR) is 67.8 cm³/mol. The van der Waals surface area contributed by atoms with Crippen LogP contribution in [-0.4, -0.2) is 27.3 Å². The van der Waals surface area contributed by atoms with Crippen molar-refractivity contribution in [3.05, 3.63) is 23.3 Å². The second-order valence-electron chi connectivity index (χ2n) is 3.97. The van der Waals surface area contributed by atoms with Gasteiger partial charge in [0.15, 0.2) is 0 Å². The van der Waals surface area contributed by atoms with Gasteiger partial charge >= 0.3 is 5.97 Å². The molecule has 1 aromatic rings. The Morgan fingerprint density at radius 3 is 2.11 bits per heavy atom. The third-order valence-electron chi connectivity index (χ3n) is 2.67. The Balaban J connectivity index is 3.15. The number of aryl methyl sites for hydroxylation is 1. The fourth-order valence-corrected chi connectivity index (χ4v) is 1.80. The van der Waals surface area contributed by atoms with Gasteiger partial charge in [-0.15, -0.1) is 0 Å². The van der Waals surface area contributed by atoms with E-state index in [2.05, 4.69) is 4.74 Å². The minimum atomic E-state index is -0.525. The summed E-state index contributed by atoms with van der Waals surface area (Å²) in [5, 5.41) is 0. The van der Waals surface area contributed by atoms with Crippen LogP contribution in [0.25, 0.3) is 0 Å². The lowest BCUT2D eigenvalue weighted by Gasteiger charge is -2.19. The molecule has 0 radical (unpaired) electrons. The summed E-state index contributed by atoms with van der Waals surface area (Å²) in [6, 6.07) is 3.19. The van der Waals surface area contributed by atoms with Gasteiger partial charge in [0.2, 0.25) is 0 Å². The van der Waals surface area contributed by atoms with Crippen LogP contribution in [0, 0.1) is 6.92 Å². The number of methoxy groups -OCH3 is 3. The normalized spacial score (nSPS) is 11.8. The number of esters is 1. The van der Waals surface area contributed by atoms with E-state index < -0.39 is 6.04 Å². The lowest BCUT2D eigenvalue weighted by Crippen LogP contribution is -2.18. The van der Waals surface area contributed by atoms with Crippen LogP contribution < -0.4 is 15.2 Å². The highest BCUT2D eigenvalue weighted by atomic mass is 16.5. The second-order valence-corrected chi connectivity index (χ2v) is 3.97. The van der Waals surface area contributed by atoms with Crippen LogP contribution in [0.5, 0.6) is 11.5 Å². The number of carbonyl (C=O) groups is 1. The van der Waals surface area contributed by atoms with Crippen molar-refractivity contribution in [2.75, 3.05) is 21.3 Å². The van der Waals surface area contributed by atoms with Crippen LogP contribution in [0.4, 0.5) is 0 Å². The molecular formula is C13H19NO4. The van der Waals surface area contributed by atoms with E-state index in [4.69, 9.17) is 15.2 Å². The SMILES string of the molecule is COC(=O)C[C@H](N)c1c(OC)cc(C)cc1OC. The molecule has 0 unspecified atom stereocenters. The number of rotatable bonds is 5. The molecule has 0 spiro atoms. The highest BCUT2D eigenvalue weighted by molar-refractivity contribution is 5.71. The van der Waals surface area contributed by atoms with Crippen molar-refractivity contribution in [1.29, 1.82) is 0 Å². The first kappa shape index (κ1) is 14.3. The first-order valence-electron chi connectivity index (χ1n) is 5.58. The van der Waals surface area contributed by atoms with Crippen LogP contribution >= 0.6 is 0 Å². The number of hydrogen-bond donors (Lipinski definition) is 1. The fourth-order valence-electron chi connectivity index (χ4n) is 1.80. The average molecular weight is 253 g/mol. The van der Waals surface area contributed by atoms with Gasteiger partial charge in [-0.2, -0.15) is 0 Å². The maximum Gasteiger partial charge on any atom is 0.307 e. The number of benzene rings is 1. The van der Waals surface area contributed by atoms with Crippen molar-refractivity contribution >= 4 is 5.97 Å². The van der Waals surface area contributed by atoms with E-state index in [0.29, 0.717) is 17.1 Å². The molecule has 0 amide bonds. The molecule has 5 nitrogen and oxygen atoms in total. The molecule has 0 bridgehead atoms. The van der Waals surface area contributed by atoms with E-state index in [1.54, 1.807) is 14.2 Å². The summed E-state index contributed by atoms with van der Waals surface area (Å²) in [6.45, 7) is 1.93. The lowest BCUT2D eigenvalue weighted by atomic mass is 10.0. The first-order valence-corrected chi connectivity index (χ1v) is 5.58. The average Bonchev–Trinajstić information content (AvgIpc) is 2.36. The van der Waals surface area contributed by atoms with Gasteiger partial charge in [-0.3, -0.25) is 4.79 Å². The van der Waals surface area contributed by atoms with E-state index in [-0.39, 0.29) is 12.4 Å². The van der Waals surface area contributed by atoms with Crippen LogP contribution in [0.3, 0.4) is 0 Å². The Hall–Kier alpha value is -1.75. The van der Waals surface area contributed by atoms with Gasteiger partial charge in [0.25, 0.3) is 0 Å². The molecule has 1 rings (SSSR count). The van der Waals surface area contributed by atoms with Gasteiger partial charge in [0, 0.05) is 6.04 Å². The van der Waals surface area contributed by atoms with E-state index >= 15 is 0 Å². The van der Waals surface area contributed by atoms with Crippen LogP contribution in [0.15, 0.2) is 12.1 Å². The van der Waals surface area contributed by atoms with E-state index in [1.165, 1.54) is 7.11 Å². The van der Waals surface area contributed by atoms with Gasteiger partial charge in [-0.05, 0) is 24.6 Å². The molecule has 0 aliphatic rings. The number of nitrogens with two attached hydrogens (primary N) is 1. The van der Waals surface area contributed by atoms with Crippen molar-refractivity contribution in [1.82, 2.24) is 0 Å². The van der Waals surface area contributed by atoms with Crippen molar-refractivity contribution in [2.24, 2.45) is 5.73 Å². The van der Waals surface area contributed by atoms with Crippen LogP contribution in [-0.2, 0) is 9.53 Å². The van der Waals surface area contributed by atoms with Crippen molar-refractivity contribution in [3.8, 4) is 11.5 Å². The van der Waals surface area contributed by atoms with E-state index in [0.717, 1.165) is 5.56 Å². The topological polar surface area (TPSA) is 70.8 Å². The molecule has 2 N–H and O–H groups in total. The summed E-state index contributed by atoms with van der Waals surface area (Å²) in [5.74, 6) is 0.860. The van der Waals surface area contributed by atoms with Gasteiger partial charge in [0.05, 0.1) is 33.3 Å². The molecule has 1 atom stereocenters. The molecular weight excluding hydrogens is 234 g/mol. The van der Waals surface area contributed by atoms with E-state index in [1.807, 2.05) is 19.1 Å². The highest BCUT2D eigenvalue weighted by Crippen LogP contribution is 2.35. The molecule has 0 aliphatic heterocycles. The zero-order valence-electron chi connectivity index (χ0n) is 11.1. The van der Waals surface area contributed by atoms with Gasteiger partial charge < -0.3 is 19.9 Å². The molecule has 100 valence electrons. The van der Waals surface area contributed by atoms with E-state index in [9.17, 15) is 4.79 Å². The third kappa shape index (κ3) is 3.13. The van der Waals surface area contributed by atoms with Gasteiger partial charge in [0.1, 0.15) is 11.5 Å². The highest BCUT2D eigenvalue weighted by Gasteiger charge is 2.21. The Morgan fingerprint density at radius 2 is 1.72 bits per heavy atom. The molecule has 0 fully saturated rings. The largest absolute Gasteiger partial charge is 0.496 e. The second kappa shape index (κ2) is 6.26. The number of hydrogen-bond acceptors (Lipinski definition) is 5. The molecule has 0 saturated heterocycles. The van der Waals surface area contributed by atoms with Gasteiger partial charge in [-0.25, -0.2) is 0 Å². The smallest absolute Gasteiger partial charge is 0.307 e. The van der Waals surface area contributed by atoms with Crippen molar-refractivity contribution in [2.45, 2.75) is 19.4 Å². The summed E-state index contributed by atoms with van der Waals surface area (Å²) in [7, 11) is 4.45. The Labute approximate surface area is 107 Å². The molecule has 0 aliphatic carbocycles. The monoisotopic (exact) mass is 253 g/mol. The zero-order chi connectivity index (χ0) is 13.7. The lowest BCUT2D eigenvalue weighted by molar-refractivity contribution is -0.141. The summed E-state index contributed by atoms with van der Waals surface area (Å²) < 4.78 is 15.2. The Morgan fingerprint density at radius 1 is 1.22 bits per heavy atom. The third-order valence-corrected chi connectivity index (χ3v) is 2.67. The minimum Gasteiger partial charge on any atom is -0.496 e. The summed E-state index contributed by atoms with van der Waals surface area (Å²) in [6.07, 6.45) is 0.0757. The molecule has 0 heterocycles. The standard InChI is InChI=1S/C13H19NO4/c1-8-5-10(16-2)13(11(6-8)17-3)9(14)7-12(15)18-4/h5-6,9H,7,14H2,1-4H3/t9-/m0/s1. The quantitative estimate of drug-likeness (QED) is 0.807. The maximum absolute atomic E-state index is 11.3. The molecule has 5 heteroatoms. The summed E-state index contributed by atoms with van der Waals surface area (Å²) in [5.41, 5.74) is 7.69. The molecule has 18 heavy (non-hydrogen) atoms. The summed E-state index contributed by atoms with van der Waals surface area (Å²) >= 11 is 0. The van der Waals surface area contributed by atoms with Crippen molar-refractivity contribution < 1.29 is 19.0 Å². The summed E-state index contributed by atoms with van der Waals surface area (Å²) in [4.78, 5) is 11.3.